The Balaban J connectivity index is 1.72. The van der Waals surface area contributed by atoms with Crippen LogP contribution in [0.3, 0.4) is 0 Å². The van der Waals surface area contributed by atoms with Gasteiger partial charge in [0.05, 0.1) is 12.1 Å². The number of pyridine rings is 2. The maximum Gasteiger partial charge on any atom is 0.267 e. The van der Waals surface area contributed by atoms with Crippen LogP contribution in [0.5, 0.6) is 5.88 Å². The van der Waals surface area contributed by atoms with E-state index in [1.165, 1.54) is 19.4 Å². The lowest BCUT2D eigenvalue weighted by Crippen LogP contribution is -2.14. The monoisotopic (exact) mass is 470 g/mol. The summed E-state index contributed by atoms with van der Waals surface area (Å²) in [4.78, 5) is 16.9. The third-order valence-electron chi connectivity index (χ3n) is 4.68. The SMILES string of the molecule is CNc1ncc2cc(-c3cccc(NS(=O)(=O)c4cc(Cl)cnc4OC)c3)c(C)nc2n1. The molecule has 3 aromatic heterocycles. The Hall–Kier alpha value is -3.50. The minimum Gasteiger partial charge on any atom is -0.480 e. The van der Waals surface area contributed by atoms with Crippen molar-refractivity contribution in [2.45, 2.75) is 11.8 Å². The zero-order valence-corrected chi connectivity index (χ0v) is 19.0. The molecule has 0 saturated heterocycles. The van der Waals surface area contributed by atoms with E-state index in [0.717, 1.165) is 22.2 Å². The Kier molecular flexibility index (Phi) is 5.81. The van der Waals surface area contributed by atoms with E-state index in [-0.39, 0.29) is 15.8 Å². The second kappa shape index (κ2) is 8.56. The standard InChI is InChI=1S/C21H19ClN6O3S/c1-12-17(8-14-10-25-21(23-2)27-19(14)26-12)13-5-4-6-16(7-13)28-32(29,30)18-9-15(22)11-24-20(18)31-3/h4-11,28H,1-3H3,(H,23,25,26,27). The summed E-state index contributed by atoms with van der Waals surface area (Å²) in [7, 11) is -0.913. The van der Waals surface area contributed by atoms with Gasteiger partial charge < -0.3 is 10.1 Å². The highest BCUT2D eigenvalue weighted by molar-refractivity contribution is 7.92. The van der Waals surface area contributed by atoms with Gasteiger partial charge in [-0.15, -0.1) is 0 Å². The third kappa shape index (κ3) is 4.27. The molecule has 3 heterocycles. The lowest BCUT2D eigenvalue weighted by atomic mass is 10.0. The van der Waals surface area contributed by atoms with Gasteiger partial charge in [0.25, 0.3) is 10.0 Å². The molecule has 0 aliphatic carbocycles. The van der Waals surface area contributed by atoms with Gasteiger partial charge in [-0.25, -0.2) is 23.4 Å². The molecular weight excluding hydrogens is 452 g/mol. The summed E-state index contributed by atoms with van der Waals surface area (Å²) >= 11 is 5.94. The Morgan fingerprint density at radius 1 is 1.06 bits per heavy atom. The highest BCUT2D eigenvalue weighted by atomic mass is 35.5. The van der Waals surface area contributed by atoms with Gasteiger partial charge >= 0.3 is 0 Å². The number of nitrogens with one attached hydrogen (secondary N) is 2. The smallest absolute Gasteiger partial charge is 0.267 e. The summed E-state index contributed by atoms with van der Waals surface area (Å²) in [5, 5.41) is 3.84. The predicted molar refractivity (Wildman–Crippen MR) is 124 cm³/mol. The Labute approximate surface area is 189 Å². The first-order chi connectivity index (χ1) is 15.3. The van der Waals surface area contributed by atoms with Crippen molar-refractivity contribution in [2.24, 2.45) is 0 Å². The molecular formula is C21H19ClN6O3S. The van der Waals surface area contributed by atoms with Gasteiger partial charge in [0.2, 0.25) is 11.8 Å². The van der Waals surface area contributed by atoms with Crippen LogP contribution in [0.4, 0.5) is 11.6 Å². The summed E-state index contributed by atoms with van der Waals surface area (Å²) in [6.07, 6.45) is 3.01. The molecule has 0 amide bonds. The maximum absolute atomic E-state index is 13.0. The van der Waals surface area contributed by atoms with E-state index >= 15 is 0 Å². The van der Waals surface area contributed by atoms with Crippen molar-refractivity contribution in [1.82, 2.24) is 19.9 Å². The molecule has 9 nitrogen and oxygen atoms in total. The molecule has 0 bridgehead atoms. The number of rotatable bonds is 6. The summed E-state index contributed by atoms with van der Waals surface area (Å²) in [5.41, 5.74) is 3.31. The molecule has 0 unspecified atom stereocenters. The van der Waals surface area contributed by atoms with E-state index in [2.05, 4.69) is 30.0 Å². The van der Waals surface area contributed by atoms with Crippen LogP contribution in [0, 0.1) is 6.92 Å². The van der Waals surface area contributed by atoms with Gasteiger partial charge in [-0.3, -0.25) is 4.72 Å². The number of hydrogen-bond donors (Lipinski definition) is 2. The number of hydrogen-bond acceptors (Lipinski definition) is 8. The summed E-state index contributed by atoms with van der Waals surface area (Å²) in [6, 6.07) is 10.2. The molecule has 0 saturated carbocycles. The topological polar surface area (TPSA) is 119 Å². The van der Waals surface area contributed by atoms with Gasteiger partial charge in [-0.2, -0.15) is 4.98 Å². The second-order valence-electron chi connectivity index (χ2n) is 6.83. The van der Waals surface area contributed by atoms with Gasteiger partial charge in [0.1, 0.15) is 0 Å². The average molecular weight is 471 g/mol. The van der Waals surface area contributed by atoms with Gasteiger partial charge in [0, 0.05) is 41.8 Å². The first-order valence-electron chi connectivity index (χ1n) is 9.45. The number of halogens is 1. The van der Waals surface area contributed by atoms with Crippen LogP contribution in [0.25, 0.3) is 22.2 Å². The highest BCUT2D eigenvalue weighted by Crippen LogP contribution is 2.30. The van der Waals surface area contributed by atoms with E-state index in [4.69, 9.17) is 16.3 Å². The molecule has 0 spiro atoms. The van der Waals surface area contributed by atoms with Crippen molar-refractivity contribution in [1.29, 1.82) is 0 Å². The van der Waals surface area contributed by atoms with Crippen LogP contribution < -0.4 is 14.8 Å². The first-order valence-corrected chi connectivity index (χ1v) is 11.3. The fourth-order valence-corrected chi connectivity index (χ4v) is 4.60. The number of fused-ring (bicyclic) bond motifs is 1. The molecule has 0 fully saturated rings. The second-order valence-corrected chi connectivity index (χ2v) is 8.91. The molecule has 11 heteroatoms. The van der Waals surface area contributed by atoms with E-state index < -0.39 is 10.0 Å². The molecule has 1 aromatic carbocycles. The molecule has 0 atom stereocenters. The number of anilines is 2. The fourth-order valence-electron chi connectivity index (χ4n) is 3.18. The van der Waals surface area contributed by atoms with Crippen LogP contribution in [-0.2, 0) is 10.0 Å². The highest BCUT2D eigenvalue weighted by Gasteiger charge is 2.22. The summed E-state index contributed by atoms with van der Waals surface area (Å²) < 4.78 is 33.6. The molecule has 4 aromatic rings. The van der Waals surface area contributed by atoms with Crippen LogP contribution in [0.1, 0.15) is 5.69 Å². The third-order valence-corrected chi connectivity index (χ3v) is 6.26. The Morgan fingerprint density at radius 3 is 2.62 bits per heavy atom. The molecule has 0 aliphatic rings. The largest absolute Gasteiger partial charge is 0.480 e. The Bertz CT molecular complexity index is 1430. The summed E-state index contributed by atoms with van der Waals surface area (Å²) in [6.45, 7) is 1.87. The quantitative estimate of drug-likeness (QED) is 0.435. The van der Waals surface area contributed by atoms with Crippen LogP contribution in [-0.4, -0.2) is 42.5 Å². The van der Waals surface area contributed by atoms with Crippen LogP contribution >= 0.6 is 11.6 Å². The van der Waals surface area contributed by atoms with Crippen molar-refractivity contribution in [3.8, 4) is 17.0 Å². The molecule has 2 N–H and O–H groups in total. The minimum atomic E-state index is -3.99. The molecule has 0 radical (unpaired) electrons. The minimum absolute atomic E-state index is 0.0476. The predicted octanol–water partition coefficient (Wildman–Crippen LogP) is 3.90. The van der Waals surface area contributed by atoms with Crippen molar-refractivity contribution in [3.05, 3.63) is 59.5 Å². The van der Waals surface area contributed by atoms with Gasteiger partial charge in [-0.1, -0.05) is 23.7 Å². The molecule has 164 valence electrons. The Morgan fingerprint density at radius 2 is 1.88 bits per heavy atom. The van der Waals surface area contributed by atoms with Crippen LogP contribution in [0.15, 0.2) is 53.7 Å². The molecule has 4 rings (SSSR count). The van der Waals surface area contributed by atoms with E-state index in [1.807, 2.05) is 19.1 Å². The number of aromatic nitrogens is 4. The number of aryl methyl sites for hydroxylation is 1. The number of sulfonamides is 1. The van der Waals surface area contributed by atoms with E-state index in [0.29, 0.717) is 17.3 Å². The van der Waals surface area contributed by atoms with E-state index in [1.54, 1.807) is 31.4 Å². The van der Waals surface area contributed by atoms with E-state index in [9.17, 15) is 8.42 Å². The lowest BCUT2D eigenvalue weighted by molar-refractivity contribution is 0.385. The zero-order chi connectivity index (χ0) is 22.9. The number of methoxy groups -OCH3 is 1. The number of ether oxygens (including phenoxy) is 1. The van der Waals surface area contributed by atoms with Gasteiger partial charge in [-0.05, 0) is 36.8 Å². The average Bonchev–Trinajstić information content (AvgIpc) is 2.78. The fraction of sp³-hybridized carbons (Fsp3) is 0.143. The lowest BCUT2D eigenvalue weighted by Gasteiger charge is -2.13. The van der Waals surface area contributed by atoms with Crippen molar-refractivity contribution in [2.75, 3.05) is 24.2 Å². The molecule has 0 aliphatic heterocycles. The summed E-state index contributed by atoms with van der Waals surface area (Å²) in [5.74, 6) is 0.438. The molecule has 32 heavy (non-hydrogen) atoms. The van der Waals surface area contributed by atoms with Gasteiger partial charge in [0.15, 0.2) is 10.5 Å². The van der Waals surface area contributed by atoms with Crippen LogP contribution in [0.2, 0.25) is 5.02 Å². The van der Waals surface area contributed by atoms with Crippen molar-refractivity contribution >= 4 is 44.3 Å². The number of nitrogens with zero attached hydrogens (tertiary/aromatic N) is 4. The maximum atomic E-state index is 13.0. The first kappa shape index (κ1) is 21.7. The number of benzene rings is 1. The zero-order valence-electron chi connectivity index (χ0n) is 17.4. The van der Waals surface area contributed by atoms with Crippen molar-refractivity contribution in [3.63, 3.8) is 0 Å². The van der Waals surface area contributed by atoms with Crippen molar-refractivity contribution < 1.29 is 13.2 Å². The normalized spacial score (nSPS) is 11.4.